The summed E-state index contributed by atoms with van der Waals surface area (Å²) in [5.74, 6) is 0. The van der Waals surface area contributed by atoms with Crippen LogP contribution >= 0.6 is 0 Å². The molecule has 0 bridgehead atoms. The highest BCUT2D eigenvalue weighted by atomic mass is 28.4. The maximum Gasteiger partial charge on any atom is 0.408 e. The zero-order chi connectivity index (χ0) is 22.9. The molecule has 0 aromatic heterocycles. The lowest BCUT2D eigenvalue weighted by atomic mass is 9.86. The van der Waals surface area contributed by atoms with Gasteiger partial charge >= 0.3 is 6.09 Å². The Morgan fingerprint density at radius 1 is 1.10 bits per heavy atom. The third kappa shape index (κ3) is 4.16. The van der Waals surface area contributed by atoms with Gasteiger partial charge in [-0.05, 0) is 35.7 Å². The summed E-state index contributed by atoms with van der Waals surface area (Å²) in [7, 11) is -2.79. The van der Waals surface area contributed by atoms with Crippen LogP contribution in [-0.4, -0.2) is 38.2 Å². The number of hydrogen-bond donors (Lipinski definition) is 2. The Labute approximate surface area is 187 Å². The van der Waals surface area contributed by atoms with Crippen LogP contribution in [0, 0.1) is 0 Å². The van der Waals surface area contributed by atoms with Crippen LogP contribution in [0.25, 0.3) is 0 Å². The van der Waals surface area contributed by atoms with Crippen molar-refractivity contribution in [3.63, 3.8) is 0 Å². The maximum atomic E-state index is 12.3. The van der Waals surface area contributed by atoms with Crippen molar-refractivity contribution >= 4 is 24.8 Å². The molecule has 3 N–H and O–H groups in total. The Kier molecular flexibility index (Phi) is 6.65. The summed E-state index contributed by atoms with van der Waals surface area (Å²) in [6.45, 7) is 12.7. The SMILES string of the molecule is CC[C@@H](O[Si](c1ccccc1)(c1ccccc1)C(C)(C)C)[C@@]1(C)OC(=O)N[C@@H]1[C@@H](C)N. The van der Waals surface area contributed by atoms with E-state index < -0.39 is 20.0 Å². The quantitative estimate of drug-likeness (QED) is 0.646. The number of rotatable bonds is 7. The smallest absolute Gasteiger partial charge is 0.408 e. The van der Waals surface area contributed by atoms with Crippen molar-refractivity contribution in [3.8, 4) is 0 Å². The van der Waals surface area contributed by atoms with Crippen molar-refractivity contribution in [2.75, 3.05) is 0 Å². The van der Waals surface area contributed by atoms with E-state index >= 15 is 0 Å². The van der Waals surface area contributed by atoms with E-state index in [9.17, 15) is 4.79 Å². The lowest BCUT2D eigenvalue weighted by Gasteiger charge is -2.48. The highest BCUT2D eigenvalue weighted by Gasteiger charge is 2.58. The molecule has 0 aliphatic carbocycles. The van der Waals surface area contributed by atoms with Crippen LogP contribution in [0.2, 0.25) is 5.04 Å². The molecule has 5 nitrogen and oxygen atoms in total. The second-order valence-electron chi connectivity index (χ2n) is 9.73. The van der Waals surface area contributed by atoms with Crippen LogP contribution in [0.3, 0.4) is 0 Å². The first-order chi connectivity index (χ1) is 14.6. The van der Waals surface area contributed by atoms with E-state index in [0.717, 1.165) is 0 Å². The number of ether oxygens (including phenoxy) is 1. The van der Waals surface area contributed by atoms with Gasteiger partial charge in [-0.2, -0.15) is 0 Å². The van der Waals surface area contributed by atoms with Gasteiger partial charge in [-0.15, -0.1) is 0 Å². The number of carbonyl (C=O) groups excluding carboxylic acids is 1. The molecule has 0 spiro atoms. The average Bonchev–Trinajstić information content (AvgIpc) is 3.04. The molecule has 1 aliphatic rings. The van der Waals surface area contributed by atoms with Crippen molar-refractivity contribution in [2.45, 2.75) is 76.8 Å². The largest absolute Gasteiger partial charge is 0.438 e. The molecule has 0 radical (unpaired) electrons. The summed E-state index contributed by atoms with van der Waals surface area (Å²) in [6, 6.07) is 20.4. The number of hydrogen-bond acceptors (Lipinski definition) is 4. The number of amides is 1. The van der Waals surface area contributed by atoms with E-state index in [-0.39, 0.29) is 23.2 Å². The van der Waals surface area contributed by atoms with Gasteiger partial charge < -0.3 is 20.2 Å². The summed E-state index contributed by atoms with van der Waals surface area (Å²) in [5.41, 5.74) is 5.39. The van der Waals surface area contributed by atoms with Crippen LogP contribution < -0.4 is 21.4 Å². The van der Waals surface area contributed by atoms with Crippen LogP contribution in [0.4, 0.5) is 4.79 Å². The molecule has 3 rings (SSSR count). The minimum atomic E-state index is -2.79. The third-order valence-electron chi connectivity index (χ3n) is 6.48. The summed E-state index contributed by atoms with van der Waals surface area (Å²) in [6.07, 6.45) is -0.0674. The molecule has 0 saturated carbocycles. The van der Waals surface area contributed by atoms with Crippen molar-refractivity contribution in [1.29, 1.82) is 0 Å². The van der Waals surface area contributed by atoms with Gasteiger partial charge in [-0.25, -0.2) is 4.79 Å². The Balaban J connectivity index is 2.19. The van der Waals surface area contributed by atoms with E-state index in [1.54, 1.807) is 0 Å². The molecule has 1 fully saturated rings. The molecule has 1 saturated heterocycles. The second-order valence-corrected chi connectivity index (χ2v) is 14.0. The zero-order valence-electron chi connectivity index (χ0n) is 19.5. The Morgan fingerprint density at radius 3 is 1.97 bits per heavy atom. The van der Waals surface area contributed by atoms with Gasteiger partial charge in [-0.3, -0.25) is 0 Å². The molecule has 1 amide bonds. The minimum absolute atomic E-state index is 0.167. The molecule has 168 valence electrons. The minimum Gasteiger partial charge on any atom is -0.438 e. The Bertz CT molecular complexity index is 843. The highest BCUT2D eigenvalue weighted by molar-refractivity contribution is 6.99. The van der Waals surface area contributed by atoms with Crippen molar-refractivity contribution in [1.82, 2.24) is 5.32 Å². The van der Waals surface area contributed by atoms with Crippen LogP contribution in [0.1, 0.15) is 48.0 Å². The summed E-state index contributed by atoms with van der Waals surface area (Å²) < 4.78 is 13.2. The molecule has 2 aromatic rings. The highest BCUT2D eigenvalue weighted by Crippen LogP contribution is 2.41. The number of nitrogens with one attached hydrogen (secondary N) is 1. The fourth-order valence-electron chi connectivity index (χ4n) is 4.99. The van der Waals surface area contributed by atoms with E-state index in [4.69, 9.17) is 14.9 Å². The van der Waals surface area contributed by atoms with Crippen LogP contribution in [0.5, 0.6) is 0 Å². The fraction of sp³-hybridized carbons (Fsp3) is 0.480. The van der Waals surface area contributed by atoms with Gasteiger partial charge in [0.05, 0.1) is 12.1 Å². The van der Waals surface area contributed by atoms with Gasteiger partial charge in [0.25, 0.3) is 8.32 Å². The van der Waals surface area contributed by atoms with E-state index in [1.165, 1.54) is 10.4 Å². The van der Waals surface area contributed by atoms with Crippen molar-refractivity contribution in [3.05, 3.63) is 60.7 Å². The first-order valence-corrected chi connectivity index (χ1v) is 13.0. The average molecular weight is 441 g/mol. The predicted molar refractivity (Wildman–Crippen MR) is 128 cm³/mol. The number of nitrogens with two attached hydrogens (primary N) is 1. The van der Waals surface area contributed by atoms with Crippen molar-refractivity contribution < 1.29 is 14.0 Å². The van der Waals surface area contributed by atoms with Crippen LogP contribution in [0.15, 0.2) is 60.7 Å². The van der Waals surface area contributed by atoms with E-state index in [0.29, 0.717) is 6.42 Å². The fourth-order valence-corrected chi connectivity index (χ4v) is 9.83. The standard InChI is InChI=1S/C25H36N2O3Si/c1-7-21(25(6)22(18(2)26)27-23(28)29-25)30-31(24(3,4)5,19-14-10-8-11-15-19)20-16-12-9-13-17-20/h8-18,21-22H,7,26H2,1-6H3,(H,27,28)/t18-,21-,22-,25-/m1/s1. The van der Waals surface area contributed by atoms with Gasteiger partial charge in [0.1, 0.15) is 0 Å². The topological polar surface area (TPSA) is 73.6 Å². The van der Waals surface area contributed by atoms with E-state index in [2.05, 4.69) is 81.5 Å². The zero-order valence-corrected chi connectivity index (χ0v) is 20.5. The lowest BCUT2D eigenvalue weighted by Crippen LogP contribution is -2.70. The summed E-state index contributed by atoms with van der Waals surface area (Å²) >= 11 is 0. The molecule has 31 heavy (non-hydrogen) atoms. The first kappa shape index (κ1) is 23.5. The monoisotopic (exact) mass is 440 g/mol. The summed E-state index contributed by atoms with van der Waals surface area (Å²) in [4.78, 5) is 12.3. The molecule has 4 atom stereocenters. The molecular weight excluding hydrogens is 404 g/mol. The normalized spacial score (nSPS) is 23.7. The first-order valence-electron chi connectivity index (χ1n) is 11.1. The molecular formula is C25H36N2O3Si. The molecule has 2 aromatic carbocycles. The maximum absolute atomic E-state index is 12.3. The number of cyclic esters (lactones) is 1. The van der Waals surface area contributed by atoms with Gasteiger partial charge in [-0.1, -0.05) is 88.4 Å². The number of carbonyl (C=O) groups is 1. The van der Waals surface area contributed by atoms with Crippen LogP contribution in [-0.2, 0) is 9.16 Å². The van der Waals surface area contributed by atoms with Gasteiger partial charge in [0, 0.05) is 6.04 Å². The molecule has 1 heterocycles. The summed E-state index contributed by atoms with van der Waals surface area (Å²) in [5, 5.41) is 5.14. The molecule has 0 unspecified atom stereocenters. The van der Waals surface area contributed by atoms with Crippen molar-refractivity contribution in [2.24, 2.45) is 5.73 Å². The molecule has 1 aliphatic heterocycles. The number of alkyl carbamates (subject to hydrolysis) is 1. The van der Waals surface area contributed by atoms with Gasteiger partial charge in [0.2, 0.25) is 0 Å². The van der Waals surface area contributed by atoms with E-state index in [1.807, 2.05) is 26.0 Å². The third-order valence-corrected chi connectivity index (χ3v) is 11.5. The molecule has 6 heteroatoms. The Morgan fingerprint density at radius 2 is 1.58 bits per heavy atom. The predicted octanol–water partition coefficient (Wildman–Crippen LogP) is 3.56. The second kappa shape index (κ2) is 8.77. The van der Waals surface area contributed by atoms with Gasteiger partial charge in [0.15, 0.2) is 5.60 Å². The Hall–Kier alpha value is -2.15. The lowest BCUT2D eigenvalue weighted by molar-refractivity contribution is -0.0524. The number of benzene rings is 2.